The standard InChI is InChI=1S/C26H31N3O3/c1-18-7-12-24(19(2)15-18)31-17-23-20(3)32-28-25(23)26(30)27-22-10-8-21(9-11-22)16-29-13-5-4-6-14-29/h7-12,15H,4-6,13-14,16-17H2,1-3H3,(H,27,30). The summed E-state index contributed by atoms with van der Waals surface area (Å²) < 4.78 is 11.3. The van der Waals surface area contributed by atoms with E-state index in [0.29, 0.717) is 11.3 Å². The van der Waals surface area contributed by atoms with Crippen LogP contribution in [0.5, 0.6) is 5.75 Å². The summed E-state index contributed by atoms with van der Waals surface area (Å²) in [5, 5.41) is 6.91. The second kappa shape index (κ2) is 10.0. The van der Waals surface area contributed by atoms with E-state index < -0.39 is 0 Å². The van der Waals surface area contributed by atoms with Gasteiger partial charge in [0.25, 0.3) is 5.91 Å². The van der Waals surface area contributed by atoms with Crippen molar-refractivity contribution in [2.24, 2.45) is 0 Å². The van der Waals surface area contributed by atoms with E-state index in [1.165, 1.54) is 30.4 Å². The highest BCUT2D eigenvalue weighted by molar-refractivity contribution is 6.03. The summed E-state index contributed by atoms with van der Waals surface area (Å²) in [6.45, 7) is 9.34. The Morgan fingerprint density at radius 3 is 2.53 bits per heavy atom. The lowest BCUT2D eigenvalue weighted by Gasteiger charge is -2.26. The van der Waals surface area contributed by atoms with Crippen LogP contribution in [0.4, 0.5) is 5.69 Å². The van der Waals surface area contributed by atoms with Crippen LogP contribution in [0.2, 0.25) is 0 Å². The number of likely N-dealkylation sites (tertiary alicyclic amines) is 1. The number of nitrogens with one attached hydrogen (secondary N) is 1. The minimum atomic E-state index is -0.301. The molecular formula is C26H31N3O3. The Morgan fingerprint density at radius 1 is 1.06 bits per heavy atom. The van der Waals surface area contributed by atoms with Gasteiger partial charge >= 0.3 is 0 Å². The molecule has 0 saturated carbocycles. The molecule has 1 aromatic heterocycles. The molecule has 3 aromatic rings. The zero-order chi connectivity index (χ0) is 22.5. The average Bonchev–Trinajstić information content (AvgIpc) is 3.16. The molecule has 6 nitrogen and oxygen atoms in total. The summed E-state index contributed by atoms with van der Waals surface area (Å²) in [4.78, 5) is 15.4. The Bertz CT molecular complexity index is 1070. The van der Waals surface area contributed by atoms with E-state index >= 15 is 0 Å². The number of carbonyl (C=O) groups is 1. The summed E-state index contributed by atoms with van der Waals surface area (Å²) in [6.07, 6.45) is 3.89. The van der Waals surface area contributed by atoms with Gasteiger partial charge in [-0.2, -0.15) is 0 Å². The van der Waals surface area contributed by atoms with Gasteiger partial charge in [-0.05, 0) is 76.0 Å². The highest BCUT2D eigenvalue weighted by Gasteiger charge is 2.21. The summed E-state index contributed by atoms with van der Waals surface area (Å²) in [5.41, 5.74) is 5.13. The van der Waals surface area contributed by atoms with E-state index in [-0.39, 0.29) is 18.2 Å². The van der Waals surface area contributed by atoms with E-state index in [1.54, 1.807) is 6.92 Å². The second-order valence-electron chi connectivity index (χ2n) is 8.61. The molecule has 0 bridgehead atoms. The first-order valence-corrected chi connectivity index (χ1v) is 11.3. The Balaban J connectivity index is 1.39. The third-order valence-corrected chi connectivity index (χ3v) is 5.97. The quantitative estimate of drug-likeness (QED) is 0.539. The third-order valence-electron chi connectivity index (χ3n) is 5.97. The number of hydrogen-bond donors (Lipinski definition) is 1. The first-order chi connectivity index (χ1) is 15.5. The first kappa shape index (κ1) is 22.1. The molecule has 1 amide bonds. The van der Waals surface area contributed by atoms with Gasteiger partial charge in [0.05, 0.1) is 5.56 Å². The van der Waals surface area contributed by atoms with Crippen molar-refractivity contribution in [2.45, 2.75) is 53.2 Å². The van der Waals surface area contributed by atoms with Gasteiger partial charge in [0.1, 0.15) is 18.1 Å². The Labute approximate surface area is 189 Å². The van der Waals surface area contributed by atoms with Gasteiger partial charge in [-0.1, -0.05) is 41.4 Å². The molecule has 0 aliphatic carbocycles. The predicted octanol–water partition coefficient (Wildman–Crippen LogP) is 5.42. The van der Waals surface area contributed by atoms with E-state index in [0.717, 1.165) is 36.6 Å². The molecule has 1 N–H and O–H groups in total. The Morgan fingerprint density at radius 2 is 1.81 bits per heavy atom. The number of carbonyl (C=O) groups excluding carboxylic acids is 1. The number of piperidine rings is 1. The van der Waals surface area contributed by atoms with Crippen LogP contribution in [-0.4, -0.2) is 29.1 Å². The number of nitrogens with zero attached hydrogens (tertiary/aromatic N) is 2. The highest BCUT2D eigenvalue weighted by Crippen LogP contribution is 2.23. The molecule has 6 heteroatoms. The molecule has 0 spiro atoms. The maximum Gasteiger partial charge on any atom is 0.278 e. The maximum absolute atomic E-state index is 12.9. The summed E-state index contributed by atoms with van der Waals surface area (Å²) in [6, 6.07) is 14.0. The third kappa shape index (κ3) is 5.37. The van der Waals surface area contributed by atoms with Gasteiger partial charge in [-0.3, -0.25) is 9.69 Å². The summed E-state index contributed by atoms with van der Waals surface area (Å²) >= 11 is 0. The molecule has 1 saturated heterocycles. The minimum absolute atomic E-state index is 0.219. The van der Waals surface area contributed by atoms with Crippen LogP contribution in [0, 0.1) is 20.8 Å². The van der Waals surface area contributed by atoms with E-state index in [9.17, 15) is 4.79 Å². The smallest absolute Gasteiger partial charge is 0.278 e. The van der Waals surface area contributed by atoms with Crippen molar-refractivity contribution in [2.75, 3.05) is 18.4 Å². The van der Waals surface area contributed by atoms with Gasteiger partial charge in [-0.15, -0.1) is 0 Å². The molecular weight excluding hydrogens is 402 g/mol. The molecule has 0 atom stereocenters. The lowest BCUT2D eigenvalue weighted by Crippen LogP contribution is -2.29. The molecule has 1 aliphatic rings. The van der Waals surface area contributed by atoms with Crippen molar-refractivity contribution >= 4 is 11.6 Å². The van der Waals surface area contributed by atoms with Crippen molar-refractivity contribution in [3.8, 4) is 5.75 Å². The van der Waals surface area contributed by atoms with Crippen molar-refractivity contribution < 1.29 is 14.1 Å². The van der Waals surface area contributed by atoms with Crippen LogP contribution in [-0.2, 0) is 13.2 Å². The fourth-order valence-electron chi connectivity index (χ4n) is 4.11. The van der Waals surface area contributed by atoms with Gasteiger partial charge in [0, 0.05) is 12.2 Å². The monoisotopic (exact) mass is 433 g/mol. The Kier molecular flexibility index (Phi) is 6.90. The van der Waals surface area contributed by atoms with Gasteiger partial charge < -0.3 is 14.6 Å². The molecule has 32 heavy (non-hydrogen) atoms. The number of benzene rings is 2. The van der Waals surface area contributed by atoms with Crippen LogP contribution < -0.4 is 10.1 Å². The number of amides is 1. The zero-order valence-electron chi connectivity index (χ0n) is 19.1. The van der Waals surface area contributed by atoms with Gasteiger partial charge in [0.2, 0.25) is 0 Å². The van der Waals surface area contributed by atoms with Crippen molar-refractivity contribution in [3.05, 3.63) is 76.2 Å². The van der Waals surface area contributed by atoms with Crippen molar-refractivity contribution in [1.82, 2.24) is 10.1 Å². The van der Waals surface area contributed by atoms with Crippen LogP contribution >= 0.6 is 0 Å². The van der Waals surface area contributed by atoms with Crippen LogP contribution in [0.15, 0.2) is 47.0 Å². The number of anilines is 1. The Hall–Kier alpha value is -3.12. The first-order valence-electron chi connectivity index (χ1n) is 11.3. The fraction of sp³-hybridized carbons (Fsp3) is 0.385. The molecule has 1 aliphatic heterocycles. The van der Waals surface area contributed by atoms with E-state index in [4.69, 9.17) is 9.26 Å². The molecule has 2 heterocycles. The predicted molar refractivity (Wildman–Crippen MR) is 125 cm³/mol. The number of aryl methyl sites for hydroxylation is 3. The summed E-state index contributed by atoms with van der Waals surface area (Å²) in [7, 11) is 0. The van der Waals surface area contributed by atoms with Crippen molar-refractivity contribution in [1.29, 1.82) is 0 Å². The number of rotatable bonds is 7. The summed E-state index contributed by atoms with van der Waals surface area (Å²) in [5.74, 6) is 1.06. The lowest BCUT2D eigenvalue weighted by molar-refractivity contribution is 0.101. The number of aromatic nitrogens is 1. The molecule has 0 unspecified atom stereocenters. The maximum atomic E-state index is 12.9. The molecule has 1 fully saturated rings. The van der Waals surface area contributed by atoms with Crippen molar-refractivity contribution in [3.63, 3.8) is 0 Å². The normalized spacial score (nSPS) is 14.3. The molecule has 4 rings (SSSR count). The highest BCUT2D eigenvalue weighted by atomic mass is 16.5. The molecule has 168 valence electrons. The van der Waals surface area contributed by atoms with Gasteiger partial charge in [-0.25, -0.2) is 0 Å². The van der Waals surface area contributed by atoms with Crippen LogP contribution in [0.1, 0.15) is 57.8 Å². The van der Waals surface area contributed by atoms with E-state index in [1.807, 2.05) is 38.1 Å². The SMILES string of the molecule is Cc1ccc(OCc2c(C(=O)Nc3ccc(CN4CCCCC4)cc3)noc2C)c(C)c1. The van der Waals surface area contributed by atoms with Crippen LogP contribution in [0.25, 0.3) is 0 Å². The van der Waals surface area contributed by atoms with E-state index in [2.05, 4.69) is 33.6 Å². The average molecular weight is 434 g/mol. The largest absolute Gasteiger partial charge is 0.488 e. The molecule has 2 aromatic carbocycles. The second-order valence-corrected chi connectivity index (χ2v) is 8.61. The fourth-order valence-corrected chi connectivity index (χ4v) is 4.11. The van der Waals surface area contributed by atoms with Crippen LogP contribution in [0.3, 0.4) is 0 Å². The van der Waals surface area contributed by atoms with Gasteiger partial charge in [0.15, 0.2) is 5.69 Å². The minimum Gasteiger partial charge on any atom is -0.488 e. The molecule has 0 radical (unpaired) electrons. The lowest BCUT2D eigenvalue weighted by atomic mass is 10.1. The number of ether oxygens (including phenoxy) is 1. The topological polar surface area (TPSA) is 67.6 Å². The number of hydrogen-bond acceptors (Lipinski definition) is 5. The zero-order valence-corrected chi connectivity index (χ0v) is 19.1.